The molecule has 0 atom stereocenters. The molecule has 4 nitrogen and oxygen atoms in total. The van der Waals surface area contributed by atoms with Gasteiger partial charge in [-0.25, -0.2) is 9.78 Å². The zero-order valence-corrected chi connectivity index (χ0v) is 10.7. The molecule has 0 fully saturated rings. The van der Waals surface area contributed by atoms with E-state index in [2.05, 4.69) is 4.98 Å². The van der Waals surface area contributed by atoms with Gasteiger partial charge >= 0.3 is 12.1 Å². The maximum atomic E-state index is 12.6. The molecule has 1 heterocycles. The van der Waals surface area contributed by atoms with Crippen molar-refractivity contribution in [1.82, 2.24) is 4.98 Å². The van der Waals surface area contributed by atoms with Gasteiger partial charge in [-0.1, -0.05) is 12.1 Å². The summed E-state index contributed by atoms with van der Waals surface area (Å²) in [5.74, 6) is -1.15. The van der Waals surface area contributed by atoms with Gasteiger partial charge in [0.05, 0.1) is 14.0 Å². The lowest BCUT2D eigenvalue weighted by Gasteiger charge is -2.11. The van der Waals surface area contributed by atoms with Crippen LogP contribution in [0.2, 0.25) is 0 Å². The predicted molar refractivity (Wildman–Crippen MR) is 68.2 cm³/mol. The number of ether oxygens (including phenoxy) is 1. The van der Waals surface area contributed by atoms with E-state index in [9.17, 15) is 18.0 Å². The Labute approximate surface area is 119 Å². The number of aromatic carboxylic acids is 1. The molecular formula is C14H10F3NO3. The summed E-state index contributed by atoms with van der Waals surface area (Å²) in [5.41, 5.74) is -0.796. The SMILES string of the molecule is [2H]c1cc(C(F)(F)F)ccc1-c1cnc(C(=O)O)cc1OC. The number of pyridine rings is 1. The molecule has 7 heteroatoms. The molecule has 21 heavy (non-hydrogen) atoms. The van der Waals surface area contributed by atoms with Crippen molar-refractivity contribution in [3.05, 3.63) is 47.8 Å². The lowest BCUT2D eigenvalue weighted by atomic mass is 10.0. The van der Waals surface area contributed by atoms with Crippen LogP contribution in [-0.2, 0) is 6.18 Å². The molecule has 2 rings (SSSR count). The Morgan fingerprint density at radius 3 is 2.62 bits per heavy atom. The van der Waals surface area contributed by atoms with Crippen LogP contribution in [0.3, 0.4) is 0 Å². The van der Waals surface area contributed by atoms with E-state index in [0.29, 0.717) is 6.07 Å². The van der Waals surface area contributed by atoms with E-state index in [1.54, 1.807) is 0 Å². The first kappa shape index (κ1) is 13.4. The Hall–Kier alpha value is -2.57. The summed E-state index contributed by atoms with van der Waals surface area (Å²) in [7, 11) is 1.29. The van der Waals surface area contributed by atoms with Crippen LogP contribution in [0.25, 0.3) is 11.1 Å². The second-order valence-electron chi connectivity index (χ2n) is 4.06. The fraction of sp³-hybridized carbons (Fsp3) is 0.143. The number of carboxylic acids is 1. The van der Waals surface area contributed by atoms with E-state index in [1.807, 2.05) is 0 Å². The van der Waals surface area contributed by atoms with Gasteiger partial charge < -0.3 is 9.84 Å². The van der Waals surface area contributed by atoms with Gasteiger partial charge in [0.1, 0.15) is 5.75 Å². The molecule has 0 unspecified atom stereocenters. The summed E-state index contributed by atoms with van der Waals surface area (Å²) in [5, 5.41) is 8.87. The Bertz CT molecular complexity index is 732. The van der Waals surface area contributed by atoms with Crippen molar-refractivity contribution < 1.29 is 29.2 Å². The second-order valence-corrected chi connectivity index (χ2v) is 4.06. The molecule has 0 aliphatic rings. The summed E-state index contributed by atoms with van der Waals surface area (Å²) >= 11 is 0. The highest BCUT2D eigenvalue weighted by Gasteiger charge is 2.30. The van der Waals surface area contributed by atoms with Gasteiger partial charge in [0.2, 0.25) is 0 Å². The molecule has 0 saturated carbocycles. The molecule has 1 N–H and O–H groups in total. The van der Waals surface area contributed by atoms with Crippen LogP contribution in [0.5, 0.6) is 5.75 Å². The first-order valence-electron chi connectivity index (χ1n) is 6.19. The van der Waals surface area contributed by atoms with Gasteiger partial charge in [0, 0.05) is 17.8 Å². The van der Waals surface area contributed by atoms with E-state index in [-0.39, 0.29) is 28.6 Å². The zero-order chi connectivity index (χ0) is 16.5. The van der Waals surface area contributed by atoms with E-state index < -0.39 is 17.7 Å². The Balaban J connectivity index is 2.55. The predicted octanol–water partition coefficient (Wildman–Crippen LogP) is 3.47. The van der Waals surface area contributed by atoms with Gasteiger partial charge in [-0.3, -0.25) is 0 Å². The number of carboxylic acid groups (broad SMARTS) is 1. The number of rotatable bonds is 3. The molecule has 1 aromatic heterocycles. The Morgan fingerprint density at radius 1 is 1.38 bits per heavy atom. The number of benzene rings is 1. The molecule has 0 aliphatic carbocycles. The highest BCUT2D eigenvalue weighted by molar-refractivity contribution is 5.87. The zero-order valence-electron chi connectivity index (χ0n) is 11.7. The number of nitrogens with zero attached hydrogens (tertiary/aromatic N) is 1. The first-order valence-corrected chi connectivity index (χ1v) is 5.69. The fourth-order valence-electron chi connectivity index (χ4n) is 1.69. The minimum Gasteiger partial charge on any atom is -0.496 e. The van der Waals surface area contributed by atoms with E-state index >= 15 is 0 Å². The van der Waals surface area contributed by atoms with Gasteiger partial charge in [-0.2, -0.15) is 13.2 Å². The summed E-state index contributed by atoms with van der Waals surface area (Å²) in [4.78, 5) is 14.5. The molecule has 0 radical (unpaired) electrons. The normalized spacial score (nSPS) is 11.9. The molecule has 1 aromatic carbocycles. The molecule has 110 valence electrons. The third-order valence-corrected chi connectivity index (χ3v) is 2.74. The maximum absolute atomic E-state index is 12.6. The molecule has 2 aromatic rings. The summed E-state index contributed by atoms with van der Waals surface area (Å²) in [6.07, 6.45) is -3.38. The fourth-order valence-corrected chi connectivity index (χ4v) is 1.69. The minimum absolute atomic E-state index is 0.112. The molecular weight excluding hydrogens is 287 g/mol. The summed E-state index contributed by atoms with van der Waals surface area (Å²) < 4.78 is 50.6. The number of aromatic nitrogens is 1. The van der Waals surface area contributed by atoms with Crippen LogP contribution >= 0.6 is 0 Å². The largest absolute Gasteiger partial charge is 0.496 e. The van der Waals surface area contributed by atoms with Gasteiger partial charge in [-0.15, -0.1) is 0 Å². The van der Waals surface area contributed by atoms with E-state index in [0.717, 1.165) is 24.4 Å². The molecule has 0 spiro atoms. The number of hydrogen-bond acceptors (Lipinski definition) is 3. The van der Waals surface area contributed by atoms with Crippen molar-refractivity contribution >= 4 is 5.97 Å². The van der Waals surface area contributed by atoms with Crippen LogP contribution in [0, 0.1) is 0 Å². The smallest absolute Gasteiger partial charge is 0.416 e. The summed E-state index contributed by atoms with van der Waals surface area (Å²) in [6.45, 7) is 0. The molecule has 0 saturated heterocycles. The van der Waals surface area contributed by atoms with Gasteiger partial charge in [0.25, 0.3) is 0 Å². The van der Waals surface area contributed by atoms with Crippen LogP contribution in [-0.4, -0.2) is 23.2 Å². The third-order valence-electron chi connectivity index (χ3n) is 2.74. The topological polar surface area (TPSA) is 59.4 Å². The van der Waals surface area contributed by atoms with Crippen LogP contribution in [0.4, 0.5) is 13.2 Å². The maximum Gasteiger partial charge on any atom is 0.416 e. The highest BCUT2D eigenvalue weighted by Crippen LogP contribution is 2.33. The lowest BCUT2D eigenvalue weighted by Crippen LogP contribution is -2.04. The molecule has 0 bridgehead atoms. The van der Waals surface area contributed by atoms with Crippen molar-refractivity contribution in [2.75, 3.05) is 7.11 Å². The third kappa shape index (κ3) is 3.13. The van der Waals surface area contributed by atoms with Crippen molar-refractivity contribution in [2.45, 2.75) is 6.18 Å². The van der Waals surface area contributed by atoms with Gasteiger partial charge in [0.15, 0.2) is 5.69 Å². The standard InChI is InChI=1S/C14H10F3NO3/c1-21-12-6-11(13(19)20)18-7-10(12)8-2-4-9(5-3-8)14(15,16)17/h2-7H,1H3,(H,19,20)/i2D. The Kier molecular flexibility index (Phi) is 3.47. The number of carbonyl (C=O) groups is 1. The number of halogens is 3. The van der Waals surface area contributed by atoms with Crippen LogP contribution in [0.1, 0.15) is 17.4 Å². The average molecular weight is 298 g/mol. The lowest BCUT2D eigenvalue weighted by molar-refractivity contribution is -0.137. The number of alkyl halides is 3. The first-order chi connectivity index (χ1) is 10.2. The quantitative estimate of drug-likeness (QED) is 0.942. The monoisotopic (exact) mass is 298 g/mol. The van der Waals surface area contributed by atoms with Crippen LogP contribution < -0.4 is 4.74 Å². The number of hydrogen-bond donors (Lipinski definition) is 1. The molecule has 0 amide bonds. The van der Waals surface area contributed by atoms with E-state index in [4.69, 9.17) is 11.2 Å². The highest BCUT2D eigenvalue weighted by atomic mass is 19.4. The van der Waals surface area contributed by atoms with Crippen molar-refractivity contribution in [3.8, 4) is 16.9 Å². The van der Waals surface area contributed by atoms with Crippen molar-refractivity contribution in [3.63, 3.8) is 0 Å². The minimum atomic E-state index is -4.54. The van der Waals surface area contributed by atoms with Crippen molar-refractivity contribution in [1.29, 1.82) is 0 Å². The van der Waals surface area contributed by atoms with Gasteiger partial charge in [-0.05, 0) is 17.7 Å². The number of methoxy groups -OCH3 is 1. The average Bonchev–Trinajstić information content (AvgIpc) is 2.45. The molecule has 0 aliphatic heterocycles. The van der Waals surface area contributed by atoms with Crippen LogP contribution in [0.15, 0.2) is 36.5 Å². The Morgan fingerprint density at radius 2 is 2.10 bits per heavy atom. The summed E-state index contributed by atoms with van der Waals surface area (Å²) in [6, 6.07) is 3.45. The van der Waals surface area contributed by atoms with E-state index in [1.165, 1.54) is 7.11 Å². The van der Waals surface area contributed by atoms with Crippen molar-refractivity contribution in [2.24, 2.45) is 0 Å². The second kappa shape index (κ2) is 5.43.